The average molecular weight is 360 g/mol. The van der Waals surface area contributed by atoms with Crippen LogP contribution < -0.4 is 4.74 Å². The normalized spacial score (nSPS) is 28.7. The van der Waals surface area contributed by atoms with Crippen LogP contribution in [0.5, 0.6) is 5.75 Å². The highest BCUT2D eigenvalue weighted by atomic mass is 16.7. The van der Waals surface area contributed by atoms with Crippen LogP contribution in [-0.4, -0.2) is 57.7 Å². The maximum absolute atomic E-state index is 10.2. The van der Waals surface area contributed by atoms with E-state index >= 15 is 0 Å². The van der Waals surface area contributed by atoms with Crippen molar-refractivity contribution in [3.8, 4) is 5.75 Å². The lowest BCUT2D eigenvalue weighted by Crippen LogP contribution is -2.60. The smallest absolute Gasteiger partial charge is 0.229 e. The Hall–Kier alpha value is -1.96. The average Bonchev–Trinajstić information content (AvgIpc) is 2.65. The molecule has 1 aliphatic heterocycles. The fourth-order valence-electron chi connectivity index (χ4n) is 2.98. The number of ether oxygens (including phenoxy) is 2. The molecule has 26 heavy (non-hydrogen) atoms. The fourth-order valence-corrected chi connectivity index (χ4v) is 2.98. The Labute approximate surface area is 152 Å². The Morgan fingerprint density at radius 2 is 1.62 bits per heavy atom. The highest BCUT2D eigenvalue weighted by molar-refractivity contribution is 5.38. The Morgan fingerprint density at radius 3 is 2.31 bits per heavy atom. The van der Waals surface area contributed by atoms with E-state index in [2.05, 4.69) is 0 Å². The van der Waals surface area contributed by atoms with E-state index in [0.29, 0.717) is 12.2 Å². The van der Waals surface area contributed by atoms with Crippen LogP contribution in [0.2, 0.25) is 0 Å². The van der Waals surface area contributed by atoms with Crippen molar-refractivity contribution in [3.05, 3.63) is 65.2 Å². The van der Waals surface area contributed by atoms with Crippen LogP contribution in [-0.2, 0) is 11.2 Å². The number of aliphatic hydroxyl groups is 4. The van der Waals surface area contributed by atoms with Gasteiger partial charge < -0.3 is 29.9 Å². The first-order valence-electron chi connectivity index (χ1n) is 8.60. The van der Waals surface area contributed by atoms with E-state index in [1.54, 1.807) is 12.1 Å². The van der Waals surface area contributed by atoms with E-state index < -0.39 is 37.3 Å². The van der Waals surface area contributed by atoms with Gasteiger partial charge in [-0.3, -0.25) is 0 Å². The highest BCUT2D eigenvalue weighted by Crippen LogP contribution is 2.27. The summed E-state index contributed by atoms with van der Waals surface area (Å²) >= 11 is 0. The van der Waals surface area contributed by atoms with Crippen molar-refractivity contribution in [3.63, 3.8) is 0 Å². The molecule has 0 amide bonds. The van der Waals surface area contributed by atoms with Crippen LogP contribution in [0.15, 0.2) is 48.5 Å². The lowest BCUT2D eigenvalue weighted by Gasteiger charge is -2.39. The second-order valence-corrected chi connectivity index (χ2v) is 6.59. The molecule has 0 radical (unpaired) electrons. The molecule has 6 heteroatoms. The summed E-state index contributed by atoms with van der Waals surface area (Å²) in [5.74, 6) is 0.511. The summed E-state index contributed by atoms with van der Waals surface area (Å²) in [6, 6.07) is 15.5. The maximum atomic E-state index is 10.2. The third-order valence-corrected chi connectivity index (χ3v) is 4.58. The summed E-state index contributed by atoms with van der Waals surface area (Å²) < 4.78 is 11.2. The molecular formula is C20H24O6. The monoisotopic (exact) mass is 360 g/mol. The minimum atomic E-state index is -1.46. The van der Waals surface area contributed by atoms with Crippen molar-refractivity contribution in [2.24, 2.45) is 0 Å². The minimum Gasteiger partial charge on any atom is -0.462 e. The topological polar surface area (TPSA) is 99.4 Å². The molecule has 5 atom stereocenters. The summed E-state index contributed by atoms with van der Waals surface area (Å²) in [4.78, 5) is 0. The Morgan fingerprint density at radius 1 is 0.923 bits per heavy atom. The first-order chi connectivity index (χ1) is 12.5. The number of aryl methyl sites for hydroxylation is 1. The van der Waals surface area contributed by atoms with Gasteiger partial charge in [-0.1, -0.05) is 48.0 Å². The second-order valence-electron chi connectivity index (χ2n) is 6.59. The minimum absolute atomic E-state index is 0.490. The van der Waals surface area contributed by atoms with Crippen LogP contribution in [0.1, 0.15) is 16.7 Å². The first kappa shape index (κ1) is 18.8. The van der Waals surface area contributed by atoms with Crippen molar-refractivity contribution in [1.82, 2.24) is 0 Å². The summed E-state index contributed by atoms with van der Waals surface area (Å²) in [6.07, 6.45) is -5.85. The molecule has 140 valence electrons. The van der Waals surface area contributed by atoms with Gasteiger partial charge in [-0.05, 0) is 24.1 Å². The second kappa shape index (κ2) is 8.16. The van der Waals surface area contributed by atoms with Crippen LogP contribution >= 0.6 is 0 Å². The van der Waals surface area contributed by atoms with Crippen LogP contribution in [0.4, 0.5) is 0 Å². The van der Waals surface area contributed by atoms with Gasteiger partial charge in [0, 0.05) is 6.42 Å². The molecule has 1 saturated heterocycles. The number of aliphatic hydroxyl groups excluding tert-OH is 4. The van der Waals surface area contributed by atoms with Crippen molar-refractivity contribution >= 4 is 0 Å². The molecule has 1 fully saturated rings. The molecule has 1 aliphatic rings. The molecule has 0 bridgehead atoms. The van der Waals surface area contributed by atoms with E-state index in [-0.39, 0.29) is 0 Å². The molecule has 2 aromatic rings. The van der Waals surface area contributed by atoms with Gasteiger partial charge in [0.05, 0.1) is 6.61 Å². The van der Waals surface area contributed by atoms with Gasteiger partial charge >= 0.3 is 0 Å². The van der Waals surface area contributed by atoms with E-state index in [1.165, 1.54) is 5.56 Å². The van der Waals surface area contributed by atoms with Crippen LogP contribution in [0, 0.1) is 6.92 Å². The quantitative estimate of drug-likeness (QED) is 0.628. The third kappa shape index (κ3) is 4.06. The molecule has 2 aromatic carbocycles. The molecule has 1 heterocycles. The van der Waals surface area contributed by atoms with E-state index in [1.807, 2.05) is 43.3 Å². The Kier molecular flexibility index (Phi) is 5.90. The number of hydrogen-bond acceptors (Lipinski definition) is 6. The molecule has 0 aliphatic carbocycles. The molecule has 0 saturated carbocycles. The van der Waals surface area contributed by atoms with Crippen molar-refractivity contribution in [2.45, 2.75) is 44.1 Å². The zero-order valence-electron chi connectivity index (χ0n) is 14.5. The predicted molar refractivity (Wildman–Crippen MR) is 94.8 cm³/mol. The van der Waals surface area contributed by atoms with Gasteiger partial charge in [-0.15, -0.1) is 0 Å². The maximum Gasteiger partial charge on any atom is 0.229 e. The number of benzene rings is 2. The van der Waals surface area contributed by atoms with Gasteiger partial charge in [-0.25, -0.2) is 0 Å². The molecule has 0 spiro atoms. The number of para-hydroxylation sites is 1. The van der Waals surface area contributed by atoms with E-state index in [4.69, 9.17) is 9.47 Å². The molecule has 4 N–H and O–H groups in total. The van der Waals surface area contributed by atoms with Crippen LogP contribution in [0.25, 0.3) is 0 Å². The first-order valence-corrected chi connectivity index (χ1v) is 8.60. The van der Waals surface area contributed by atoms with Gasteiger partial charge in [0.15, 0.2) is 0 Å². The lowest BCUT2D eigenvalue weighted by atomic mass is 9.99. The fraction of sp³-hybridized carbons (Fsp3) is 0.400. The van der Waals surface area contributed by atoms with Crippen LogP contribution in [0.3, 0.4) is 0 Å². The summed E-state index contributed by atoms with van der Waals surface area (Å²) in [5, 5.41) is 39.2. The van der Waals surface area contributed by atoms with Gasteiger partial charge in [0.2, 0.25) is 6.29 Å². The number of hydrogen-bond donors (Lipinski definition) is 4. The van der Waals surface area contributed by atoms with Gasteiger partial charge in [0.25, 0.3) is 0 Å². The lowest BCUT2D eigenvalue weighted by molar-refractivity contribution is -0.277. The molecule has 6 nitrogen and oxygen atoms in total. The summed E-state index contributed by atoms with van der Waals surface area (Å²) in [5.41, 5.74) is 3.19. The number of rotatable bonds is 5. The predicted octanol–water partition coefficient (Wildman–Crippen LogP) is 0.765. The largest absolute Gasteiger partial charge is 0.462 e. The molecule has 0 unspecified atom stereocenters. The SMILES string of the molecule is Cc1ccc(Cc2ccccc2O[C@@H]2O[C@H](CO)[C@@H](O)[C@H](O)[C@H]2O)cc1. The Balaban J connectivity index is 1.78. The zero-order valence-corrected chi connectivity index (χ0v) is 14.5. The van der Waals surface area contributed by atoms with Gasteiger partial charge in [-0.2, -0.15) is 0 Å². The molecule has 3 rings (SSSR count). The zero-order chi connectivity index (χ0) is 18.7. The van der Waals surface area contributed by atoms with Crippen molar-refractivity contribution in [2.75, 3.05) is 6.61 Å². The molecule has 0 aromatic heterocycles. The Bertz CT molecular complexity index is 714. The van der Waals surface area contributed by atoms with Crippen molar-refractivity contribution in [1.29, 1.82) is 0 Å². The van der Waals surface area contributed by atoms with E-state index in [0.717, 1.165) is 11.1 Å². The summed E-state index contributed by atoms with van der Waals surface area (Å²) in [6.45, 7) is 1.54. The highest BCUT2D eigenvalue weighted by Gasteiger charge is 2.44. The van der Waals surface area contributed by atoms with Crippen molar-refractivity contribution < 1.29 is 29.9 Å². The molecular weight excluding hydrogens is 336 g/mol. The van der Waals surface area contributed by atoms with E-state index in [9.17, 15) is 20.4 Å². The standard InChI is InChI=1S/C20H24O6/c1-12-6-8-13(9-7-12)10-14-4-2-3-5-15(14)25-20-19(24)18(23)17(22)16(11-21)26-20/h2-9,16-24H,10-11H2,1H3/t16-,17-,18+,19-,20-/m1/s1. The summed E-state index contributed by atoms with van der Waals surface area (Å²) in [7, 11) is 0. The van der Waals surface area contributed by atoms with Gasteiger partial charge in [0.1, 0.15) is 30.2 Å². The third-order valence-electron chi connectivity index (χ3n) is 4.58.